The first-order chi connectivity index (χ1) is 11.1. The van der Waals surface area contributed by atoms with E-state index in [9.17, 15) is 9.59 Å². The first-order valence-electron chi connectivity index (χ1n) is 8.03. The number of carboxylic acid groups (broad SMARTS) is 1. The zero-order valence-corrected chi connectivity index (χ0v) is 12.9. The summed E-state index contributed by atoms with van der Waals surface area (Å²) in [6.45, 7) is 0.703. The first kappa shape index (κ1) is 15.5. The monoisotopic (exact) mass is 312 g/mol. The Bertz CT molecular complexity index is 729. The van der Waals surface area contributed by atoms with Gasteiger partial charge in [-0.3, -0.25) is 14.6 Å². The van der Waals surface area contributed by atoms with Gasteiger partial charge in [-0.15, -0.1) is 0 Å². The van der Waals surface area contributed by atoms with E-state index in [1.807, 2.05) is 29.2 Å². The third-order valence-electron chi connectivity index (χ3n) is 4.43. The molecule has 1 amide bonds. The molecule has 1 aromatic carbocycles. The van der Waals surface area contributed by atoms with Crippen LogP contribution in [0.4, 0.5) is 0 Å². The Morgan fingerprint density at radius 2 is 2.13 bits per heavy atom. The van der Waals surface area contributed by atoms with Crippen LogP contribution in [0.15, 0.2) is 36.5 Å². The molecular formula is C18H20N2O3. The van der Waals surface area contributed by atoms with Crippen molar-refractivity contribution < 1.29 is 14.7 Å². The van der Waals surface area contributed by atoms with Gasteiger partial charge in [-0.25, -0.2) is 0 Å². The second-order valence-corrected chi connectivity index (χ2v) is 5.99. The van der Waals surface area contributed by atoms with Crippen molar-refractivity contribution in [3.8, 4) is 0 Å². The number of likely N-dealkylation sites (tertiary alicyclic amines) is 1. The Balaban J connectivity index is 1.81. The zero-order valence-electron chi connectivity index (χ0n) is 12.9. The molecule has 1 fully saturated rings. The number of carbonyl (C=O) groups is 2. The molecule has 0 aliphatic carbocycles. The SMILES string of the molecule is O=C(O)CC[C@@H]1CCCCN1C(=O)c1ccc2ncccc2c1. The van der Waals surface area contributed by atoms with Gasteiger partial charge in [0.15, 0.2) is 0 Å². The standard InChI is InChI=1S/C18H20N2O3/c21-17(22)9-7-15-5-1-2-11-20(15)18(23)14-6-8-16-13(12-14)4-3-10-19-16/h3-4,6,8,10,12,15H,1-2,5,7,9,11H2,(H,21,22)/t15-/m0/s1. The van der Waals surface area contributed by atoms with Crippen molar-refractivity contribution in [2.75, 3.05) is 6.54 Å². The number of benzene rings is 1. The highest BCUT2D eigenvalue weighted by Crippen LogP contribution is 2.24. The van der Waals surface area contributed by atoms with Crippen molar-refractivity contribution in [2.24, 2.45) is 0 Å². The third kappa shape index (κ3) is 3.50. The average Bonchev–Trinajstić information content (AvgIpc) is 2.59. The molecule has 120 valence electrons. The highest BCUT2D eigenvalue weighted by atomic mass is 16.4. The highest BCUT2D eigenvalue weighted by Gasteiger charge is 2.27. The first-order valence-corrected chi connectivity index (χ1v) is 8.03. The van der Waals surface area contributed by atoms with Gasteiger partial charge in [-0.05, 0) is 49.9 Å². The molecule has 1 N–H and O–H groups in total. The number of nitrogens with zero attached hydrogens (tertiary/aromatic N) is 2. The summed E-state index contributed by atoms with van der Waals surface area (Å²) in [4.78, 5) is 29.8. The van der Waals surface area contributed by atoms with Crippen molar-refractivity contribution in [3.63, 3.8) is 0 Å². The van der Waals surface area contributed by atoms with Crippen LogP contribution in [0.3, 0.4) is 0 Å². The molecule has 0 bridgehead atoms. The summed E-state index contributed by atoms with van der Waals surface area (Å²) >= 11 is 0. The number of pyridine rings is 1. The van der Waals surface area contributed by atoms with Gasteiger partial charge in [0.25, 0.3) is 5.91 Å². The summed E-state index contributed by atoms with van der Waals surface area (Å²) in [5, 5.41) is 9.84. The van der Waals surface area contributed by atoms with E-state index in [-0.39, 0.29) is 18.4 Å². The molecule has 1 atom stereocenters. The minimum absolute atomic E-state index is 0.00848. The molecule has 5 nitrogen and oxygen atoms in total. The average molecular weight is 312 g/mol. The molecule has 0 radical (unpaired) electrons. The summed E-state index contributed by atoms with van der Waals surface area (Å²) in [6.07, 6.45) is 5.27. The minimum Gasteiger partial charge on any atom is -0.481 e. The van der Waals surface area contributed by atoms with E-state index in [0.717, 1.165) is 30.2 Å². The lowest BCUT2D eigenvalue weighted by Gasteiger charge is -2.35. The lowest BCUT2D eigenvalue weighted by molar-refractivity contribution is -0.137. The maximum atomic E-state index is 12.9. The summed E-state index contributed by atoms with van der Waals surface area (Å²) in [7, 11) is 0. The molecule has 3 rings (SSSR count). The van der Waals surface area contributed by atoms with Crippen molar-refractivity contribution in [2.45, 2.75) is 38.1 Å². The van der Waals surface area contributed by atoms with Crippen molar-refractivity contribution >= 4 is 22.8 Å². The van der Waals surface area contributed by atoms with Crippen LogP contribution in [-0.4, -0.2) is 39.5 Å². The number of aliphatic carboxylic acids is 1. The van der Waals surface area contributed by atoms with E-state index < -0.39 is 5.97 Å². The Hall–Kier alpha value is -2.43. The Morgan fingerprint density at radius 3 is 2.96 bits per heavy atom. The number of hydrogen-bond acceptors (Lipinski definition) is 3. The van der Waals surface area contributed by atoms with E-state index in [1.54, 1.807) is 12.3 Å². The highest BCUT2D eigenvalue weighted by molar-refractivity contribution is 5.98. The van der Waals surface area contributed by atoms with Crippen LogP contribution >= 0.6 is 0 Å². The molecule has 2 heterocycles. The molecule has 0 saturated carbocycles. The third-order valence-corrected chi connectivity index (χ3v) is 4.43. The van der Waals surface area contributed by atoms with E-state index in [1.165, 1.54) is 0 Å². The van der Waals surface area contributed by atoms with Gasteiger partial charge in [0.2, 0.25) is 0 Å². The number of fused-ring (bicyclic) bond motifs is 1. The lowest BCUT2D eigenvalue weighted by Crippen LogP contribution is -2.43. The van der Waals surface area contributed by atoms with Gasteiger partial charge >= 0.3 is 5.97 Å². The molecule has 1 aromatic heterocycles. The summed E-state index contributed by atoms with van der Waals surface area (Å²) < 4.78 is 0. The topological polar surface area (TPSA) is 70.5 Å². The number of rotatable bonds is 4. The van der Waals surface area contributed by atoms with Crippen molar-refractivity contribution in [1.29, 1.82) is 0 Å². The molecular weight excluding hydrogens is 292 g/mol. The molecule has 1 saturated heterocycles. The smallest absolute Gasteiger partial charge is 0.303 e. The van der Waals surface area contributed by atoms with Gasteiger partial charge < -0.3 is 10.0 Å². The minimum atomic E-state index is -0.806. The van der Waals surface area contributed by atoms with Crippen LogP contribution in [0.2, 0.25) is 0 Å². The Kier molecular flexibility index (Phi) is 4.55. The van der Waals surface area contributed by atoms with Gasteiger partial charge in [0.05, 0.1) is 5.52 Å². The predicted molar refractivity (Wildman–Crippen MR) is 87.3 cm³/mol. The van der Waals surface area contributed by atoms with E-state index >= 15 is 0 Å². The summed E-state index contributed by atoms with van der Waals surface area (Å²) in [5.41, 5.74) is 1.51. The number of hydrogen-bond donors (Lipinski definition) is 1. The number of carboxylic acids is 1. The largest absolute Gasteiger partial charge is 0.481 e. The number of amides is 1. The van der Waals surface area contributed by atoms with Gasteiger partial charge in [-0.1, -0.05) is 6.07 Å². The number of piperidine rings is 1. The van der Waals surface area contributed by atoms with Crippen LogP contribution < -0.4 is 0 Å². The van der Waals surface area contributed by atoms with Crippen LogP contribution in [0.25, 0.3) is 10.9 Å². The van der Waals surface area contributed by atoms with E-state index in [4.69, 9.17) is 5.11 Å². The van der Waals surface area contributed by atoms with Gasteiger partial charge in [-0.2, -0.15) is 0 Å². The fraction of sp³-hybridized carbons (Fsp3) is 0.389. The van der Waals surface area contributed by atoms with Crippen LogP contribution in [0.5, 0.6) is 0 Å². The van der Waals surface area contributed by atoms with Crippen LogP contribution in [0, 0.1) is 0 Å². The molecule has 1 aliphatic rings. The van der Waals surface area contributed by atoms with E-state index in [2.05, 4.69) is 4.98 Å². The van der Waals surface area contributed by atoms with Crippen LogP contribution in [-0.2, 0) is 4.79 Å². The van der Waals surface area contributed by atoms with E-state index in [0.29, 0.717) is 18.5 Å². The van der Waals surface area contributed by atoms with Gasteiger partial charge in [0, 0.05) is 36.2 Å². The van der Waals surface area contributed by atoms with Crippen LogP contribution in [0.1, 0.15) is 42.5 Å². The molecule has 23 heavy (non-hydrogen) atoms. The Labute approximate surface area is 134 Å². The second-order valence-electron chi connectivity index (χ2n) is 5.99. The fourth-order valence-electron chi connectivity index (χ4n) is 3.23. The quantitative estimate of drug-likeness (QED) is 0.941. The molecule has 1 aliphatic heterocycles. The lowest BCUT2D eigenvalue weighted by atomic mass is 9.96. The maximum Gasteiger partial charge on any atom is 0.303 e. The molecule has 5 heteroatoms. The van der Waals surface area contributed by atoms with Gasteiger partial charge in [0.1, 0.15) is 0 Å². The summed E-state index contributed by atoms with van der Waals surface area (Å²) in [5.74, 6) is -0.814. The summed E-state index contributed by atoms with van der Waals surface area (Å²) in [6, 6.07) is 9.36. The second kappa shape index (κ2) is 6.77. The van der Waals surface area contributed by atoms with Crippen molar-refractivity contribution in [1.82, 2.24) is 9.88 Å². The predicted octanol–water partition coefficient (Wildman–Crippen LogP) is 3.09. The molecule has 0 spiro atoms. The number of aromatic nitrogens is 1. The number of carbonyl (C=O) groups excluding carboxylic acids is 1. The normalized spacial score (nSPS) is 18.1. The zero-order chi connectivity index (χ0) is 16.2. The Morgan fingerprint density at radius 1 is 1.26 bits per heavy atom. The molecule has 2 aromatic rings. The maximum absolute atomic E-state index is 12.9. The fourth-order valence-corrected chi connectivity index (χ4v) is 3.23. The molecule has 0 unspecified atom stereocenters. The van der Waals surface area contributed by atoms with Crippen molar-refractivity contribution in [3.05, 3.63) is 42.1 Å².